The number of thioether (sulfide) groups is 1. The Hall–Kier alpha value is -1.73. The van der Waals surface area contributed by atoms with Gasteiger partial charge in [0.25, 0.3) is 5.13 Å². The molecule has 0 fully saturated rings. The van der Waals surface area contributed by atoms with Crippen molar-refractivity contribution in [3.05, 3.63) is 30.3 Å². The highest BCUT2D eigenvalue weighted by Crippen LogP contribution is 2.40. The largest absolute Gasteiger partial charge is 0.290 e. The van der Waals surface area contributed by atoms with Crippen molar-refractivity contribution in [2.75, 3.05) is 12.9 Å². The lowest BCUT2D eigenvalue weighted by Gasteiger charge is -1.96. The predicted octanol–water partition coefficient (Wildman–Crippen LogP) is 5.05. The molecule has 0 saturated carbocycles. The van der Waals surface area contributed by atoms with Crippen LogP contribution in [0.25, 0.3) is 11.3 Å². The van der Waals surface area contributed by atoms with Crippen molar-refractivity contribution in [1.29, 1.82) is 0 Å². The highest BCUT2D eigenvalue weighted by atomic mass is 32.2. The maximum atomic E-state index is 11.5. The molecule has 1 atom stereocenters. The summed E-state index contributed by atoms with van der Waals surface area (Å²) >= 11 is 4.16. The fraction of sp³-hybridized carbons (Fsp3) is 0.214. The molecule has 0 amide bonds. The number of benzene rings is 1. The molecule has 8 nitrogen and oxygen atoms in total. The molecule has 136 valence electrons. The third-order valence-electron chi connectivity index (χ3n) is 2.86. The van der Waals surface area contributed by atoms with Gasteiger partial charge in [0, 0.05) is 5.56 Å². The first-order valence-corrected chi connectivity index (χ1v) is 11.1. The first kappa shape index (κ1) is 19.0. The van der Waals surface area contributed by atoms with Crippen molar-refractivity contribution in [2.24, 2.45) is 14.6 Å². The van der Waals surface area contributed by atoms with Crippen molar-refractivity contribution in [2.45, 2.75) is 11.3 Å². The molecule has 0 aliphatic heterocycles. The number of thiol groups is 1. The number of hydrogen-bond donors (Lipinski definition) is 1. The van der Waals surface area contributed by atoms with Gasteiger partial charge < -0.3 is 0 Å². The van der Waals surface area contributed by atoms with Crippen molar-refractivity contribution in [3.63, 3.8) is 0 Å². The summed E-state index contributed by atoms with van der Waals surface area (Å²) in [7, 11) is -0.820. The maximum Gasteiger partial charge on any atom is 0.252 e. The van der Waals surface area contributed by atoms with E-state index in [4.69, 9.17) is 4.18 Å². The van der Waals surface area contributed by atoms with Crippen LogP contribution in [0.15, 0.2) is 49.3 Å². The van der Waals surface area contributed by atoms with Gasteiger partial charge in [0.1, 0.15) is 5.69 Å². The van der Waals surface area contributed by atoms with E-state index in [2.05, 4.69) is 29.8 Å². The zero-order chi connectivity index (χ0) is 18.4. The quantitative estimate of drug-likeness (QED) is 0.322. The van der Waals surface area contributed by atoms with Crippen LogP contribution in [-0.2, 0) is 15.1 Å². The molecule has 26 heavy (non-hydrogen) atoms. The molecule has 12 heteroatoms. The van der Waals surface area contributed by atoms with Crippen molar-refractivity contribution < 1.29 is 8.39 Å². The Balaban J connectivity index is 1.95. The van der Waals surface area contributed by atoms with Crippen molar-refractivity contribution in [3.8, 4) is 11.3 Å². The second kappa shape index (κ2) is 9.28. The third-order valence-corrected chi connectivity index (χ3v) is 6.32. The van der Waals surface area contributed by atoms with Crippen LogP contribution in [0.4, 0.5) is 15.3 Å². The summed E-state index contributed by atoms with van der Waals surface area (Å²) in [5.74, 6) is 0.918. The Morgan fingerprint density at radius 3 is 2.69 bits per heavy atom. The lowest BCUT2D eigenvalue weighted by Crippen LogP contribution is -1.78. The van der Waals surface area contributed by atoms with E-state index in [9.17, 15) is 4.21 Å². The minimum Gasteiger partial charge on any atom is -0.290 e. The van der Waals surface area contributed by atoms with E-state index >= 15 is 0 Å². The first-order chi connectivity index (χ1) is 12.7. The van der Waals surface area contributed by atoms with Gasteiger partial charge in [-0.15, -0.1) is 24.8 Å². The minimum absolute atomic E-state index is 0.320. The average molecular weight is 427 g/mol. The molecule has 0 aliphatic rings. The van der Waals surface area contributed by atoms with Crippen LogP contribution in [0.2, 0.25) is 0 Å². The summed E-state index contributed by atoms with van der Waals surface area (Å²) in [6.07, 6.45) is 0. The van der Waals surface area contributed by atoms with E-state index in [1.165, 1.54) is 29.8 Å². The molecular weight excluding hydrogens is 412 g/mol. The van der Waals surface area contributed by atoms with Crippen LogP contribution in [0.1, 0.15) is 6.92 Å². The van der Waals surface area contributed by atoms with Crippen LogP contribution in [0, 0.1) is 0 Å². The van der Waals surface area contributed by atoms with Gasteiger partial charge in [0.15, 0.2) is 20.2 Å². The monoisotopic (exact) mass is 426 g/mol. The van der Waals surface area contributed by atoms with E-state index in [0.717, 1.165) is 15.7 Å². The molecule has 0 saturated heterocycles. The summed E-state index contributed by atoms with van der Waals surface area (Å²) < 4.78 is 21.0. The lowest BCUT2D eigenvalue weighted by atomic mass is 10.2. The van der Waals surface area contributed by atoms with Gasteiger partial charge in [-0.3, -0.25) is 4.18 Å². The Morgan fingerprint density at radius 2 is 1.96 bits per heavy atom. The van der Waals surface area contributed by atoms with Gasteiger partial charge in [0.2, 0.25) is 5.13 Å². The van der Waals surface area contributed by atoms with E-state index in [0.29, 0.717) is 21.0 Å². The molecule has 2 heterocycles. The van der Waals surface area contributed by atoms with Gasteiger partial charge in [-0.05, 0) is 5.75 Å². The molecule has 0 radical (unpaired) electrons. The molecule has 0 bridgehead atoms. The van der Waals surface area contributed by atoms with Gasteiger partial charge >= 0.3 is 0 Å². The van der Waals surface area contributed by atoms with E-state index in [1.54, 1.807) is 11.8 Å². The van der Waals surface area contributed by atoms with E-state index in [1.807, 2.05) is 37.3 Å². The first-order valence-electron chi connectivity index (χ1n) is 7.37. The molecular formula is C14H14N6O2S4. The molecule has 1 aromatic carbocycles. The second-order valence-corrected chi connectivity index (χ2v) is 8.98. The van der Waals surface area contributed by atoms with Crippen molar-refractivity contribution in [1.82, 2.24) is 15.2 Å². The highest BCUT2D eigenvalue weighted by Gasteiger charge is 2.13. The number of nitrogens with zero attached hydrogens (tertiary/aromatic N) is 6. The summed E-state index contributed by atoms with van der Waals surface area (Å²) in [6.45, 7) is 2.05. The standard InChI is InChI=1S/C14H14N6O2S4/c1-3-23-14-19-18-13(25-14)17-16-11-10(9-7-5-4-6-8-9)15-12(24-11)20-26(21)22-2/h4-8,26H,3H2,1-2H3/b17-16+. The maximum absolute atomic E-state index is 11.5. The molecule has 1 unspecified atom stereocenters. The summed E-state index contributed by atoms with van der Waals surface area (Å²) in [5, 5.41) is 17.8. The second-order valence-electron chi connectivity index (χ2n) is 4.52. The number of aromatic nitrogens is 3. The fourth-order valence-corrected chi connectivity index (χ4v) is 4.66. The Morgan fingerprint density at radius 1 is 1.15 bits per heavy atom. The van der Waals surface area contributed by atoms with Crippen LogP contribution in [-0.4, -0.2) is 32.3 Å². The van der Waals surface area contributed by atoms with Crippen LogP contribution < -0.4 is 0 Å². The number of rotatable bonds is 7. The lowest BCUT2D eigenvalue weighted by molar-refractivity contribution is 0.453. The topological polar surface area (TPSA) is 102 Å². The Bertz CT molecular complexity index is 979. The van der Waals surface area contributed by atoms with Gasteiger partial charge in [-0.25, -0.2) is 9.19 Å². The summed E-state index contributed by atoms with van der Waals surface area (Å²) in [6, 6.07) is 9.55. The average Bonchev–Trinajstić information content (AvgIpc) is 3.27. The Labute approximate surface area is 164 Å². The zero-order valence-corrected chi connectivity index (χ0v) is 17.1. The zero-order valence-electron chi connectivity index (χ0n) is 13.8. The van der Waals surface area contributed by atoms with Gasteiger partial charge in [-0.2, -0.15) is 0 Å². The molecule has 3 rings (SSSR count). The van der Waals surface area contributed by atoms with E-state index in [-0.39, 0.29) is 0 Å². The summed E-state index contributed by atoms with van der Waals surface area (Å²) in [4.78, 5) is 4.41. The smallest absolute Gasteiger partial charge is 0.252 e. The predicted molar refractivity (Wildman–Crippen MR) is 107 cm³/mol. The molecule has 0 N–H and O–H groups in total. The van der Waals surface area contributed by atoms with Gasteiger partial charge in [0.05, 0.1) is 7.11 Å². The van der Waals surface area contributed by atoms with Crippen LogP contribution >= 0.6 is 34.4 Å². The highest BCUT2D eigenvalue weighted by molar-refractivity contribution is 8.01. The fourth-order valence-electron chi connectivity index (χ4n) is 1.82. The number of hydrogen-bond acceptors (Lipinski definition) is 11. The minimum atomic E-state index is -2.15. The van der Waals surface area contributed by atoms with Gasteiger partial charge in [-0.1, -0.05) is 71.7 Å². The van der Waals surface area contributed by atoms with E-state index < -0.39 is 10.9 Å². The SMILES string of the molecule is CCSc1nnc(/N=N/c2sc(N=[SH](=O)OC)nc2-c2ccccc2)s1. The Kier molecular flexibility index (Phi) is 6.80. The van der Waals surface area contributed by atoms with Crippen molar-refractivity contribution >= 4 is 60.6 Å². The third kappa shape index (κ3) is 4.92. The normalized spacial score (nSPS) is 12.8. The number of thiazole rings is 1. The number of azo groups is 1. The molecule has 0 aliphatic carbocycles. The molecule has 3 aromatic rings. The summed E-state index contributed by atoms with van der Waals surface area (Å²) in [5.41, 5.74) is 1.48. The molecule has 0 spiro atoms. The van der Waals surface area contributed by atoms with Crippen LogP contribution in [0.5, 0.6) is 0 Å². The molecule has 2 aromatic heterocycles. The van der Waals surface area contributed by atoms with Crippen LogP contribution in [0.3, 0.4) is 0 Å².